The summed E-state index contributed by atoms with van der Waals surface area (Å²) in [5.41, 5.74) is -0.196. The number of alkyl halides is 3. The number of aromatic hydroxyl groups is 1. The molecule has 1 aromatic carbocycles. The molecule has 102 valence electrons. The normalized spacial score (nSPS) is 11.8. The van der Waals surface area contributed by atoms with Crippen LogP contribution in [0.4, 0.5) is 13.2 Å². The summed E-state index contributed by atoms with van der Waals surface area (Å²) in [6.07, 6.45) is -3.23. The van der Waals surface area contributed by atoms with Gasteiger partial charge in [0.25, 0.3) is 0 Å². The van der Waals surface area contributed by atoms with Crippen molar-refractivity contribution in [3.63, 3.8) is 0 Å². The van der Waals surface area contributed by atoms with Crippen molar-refractivity contribution in [2.75, 3.05) is 6.61 Å². The molecule has 2 rings (SSSR count). The number of aromatic nitrogens is 1. The van der Waals surface area contributed by atoms with Crippen LogP contribution in [-0.4, -0.2) is 22.5 Å². The lowest BCUT2D eigenvalue weighted by molar-refractivity contribution is -0.153. The molecule has 0 bridgehead atoms. The molecule has 0 aliphatic heterocycles. The van der Waals surface area contributed by atoms with Crippen molar-refractivity contribution in [3.8, 4) is 11.5 Å². The number of benzene rings is 1. The first-order valence-electron chi connectivity index (χ1n) is 5.30. The van der Waals surface area contributed by atoms with E-state index in [4.69, 9.17) is 0 Å². The first-order chi connectivity index (χ1) is 8.78. The van der Waals surface area contributed by atoms with Gasteiger partial charge in [-0.15, -0.1) is 0 Å². The maximum absolute atomic E-state index is 12.0. The number of nitrogens with zero attached hydrogens (tertiary/aromatic N) is 1. The Morgan fingerprint density at radius 1 is 1.37 bits per heavy atom. The van der Waals surface area contributed by atoms with E-state index >= 15 is 0 Å². The molecule has 0 aliphatic rings. The molecule has 0 atom stereocenters. The van der Waals surface area contributed by atoms with Crippen LogP contribution in [0.25, 0.3) is 10.9 Å². The highest BCUT2D eigenvalue weighted by Gasteiger charge is 2.28. The van der Waals surface area contributed by atoms with E-state index in [0.717, 1.165) is 0 Å². The average molecular weight is 273 g/mol. The van der Waals surface area contributed by atoms with Gasteiger partial charge in [0, 0.05) is 18.5 Å². The molecular weight excluding hydrogens is 263 g/mol. The second-order valence-electron chi connectivity index (χ2n) is 4.04. The van der Waals surface area contributed by atoms with Gasteiger partial charge in [0.15, 0.2) is 12.4 Å². The SMILES string of the molecule is Cn1cc(O)c(=O)c2ccc(OCC(F)(F)F)cc21. The minimum Gasteiger partial charge on any atom is -0.503 e. The lowest BCUT2D eigenvalue weighted by Crippen LogP contribution is -2.19. The van der Waals surface area contributed by atoms with Gasteiger partial charge in [0.1, 0.15) is 5.75 Å². The smallest absolute Gasteiger partial charge is 0.422 e. The van der Waals surface area contributed by atoms with Gasteiger partial charge < -0.3 is 14.4 Å². The van der Waals surface area contributed by atoms with Crippen molar-refractivity contribution in [1.82, 2.24) is 4.57 Å². The van der Waals surface area contributed by atoms with E-state index in [1.165, 1.54) is 29.0 Å². The van der Waals surface area contributed by atoms with Crippen LogP contribution in [0.1, 0.15) is 0 Å². The third-order valence-electron chi connectivity index (χ3n) is 2.54. The number of rotatable bonds is 2. The van der Waals surface area contributed by atoms with Crippen LogP contribution in [0.3, 0.4) is 0 Å². The number of pyridine rings is 1. The molecule has 0 amide bonds. The summed E-state index contributed by atoms with van der Waals surface area (Å²) in [7, 11) is 1.56. The van der Waals surface area contributed by atoms with Gasteiger partial charge in [-0.3, -0.25) is 4.79 Å². The zero-order valence-electron chi connectivity index (χ0n) is 9.86. The molecular formula is C12H10F3NO3. The van der Waals surface area contributed by atoms with Crippen molar-refractivity contribution >= 4 is 10.9 Å². The highest BCUT2D eigenvalue weighted by molar-refractivity contribution is 5.81. The first-order valence-corrected chi connectivity index (χ1v) is 5.30. The molecule has 0 fully saturated rings. The van der Waals surface area contributed by atoms with Crippen molar-refractivity contribution < 1.29 is 23.0 Å². The predicted octanol–water partition coefficient (Wildman–Crippen LogP) is 2.19. The Hall–Kier alpha value is -2.18. The van der Waals surface area contributed by atoms with Crippen molar-refractivity contribution in [1.29, 1.82) is 0 Å². The molecule has 4 nitrogen and oxygen atoms in total. The molecule has 0 saturated heterocycles. The van der Waals surface area contributed by atoms with E-state index in [-0.39, 0.29) is 11.1 Å². The number of halogens is 3. The lowest BCUT2D eigenvalue weighted by atomic mass is 10.2. The molecule has 0 unspecified atom stereocenters. The van der Waals surface area contributed by atoms with Crippen LogP contribution in [0.15, 0.2) is 29.2 Å². The summed E-state index contributed by atoms with van der Waals surface area (Å²) in [4.78, 5) is 11.6. The molecule has 19 heavy (non-hydrogen) atoms. The fourth-order valence-electron chi connectivity index (χ4n) is 1.70. The maximum Gasteiger partial charge on any atom is 0.422 e. The highest BCUT2D eigenvalue weighted by Crippen LogP contribution is 2.22. The van der Waals surface area contributed by atoms with Gasteiger partial charge in [-0.05, 0) is 12.1 Å². The summed E-state index contributed by atoms with van der Waals surface area (Å²) in [6.45, 7) is -1.40. The molecule has 0 aliphatic carbocycles. The van der Waals surface area contributed by atoms with E-state index in [9.17, 15) is 23.1 Å². The predicted molar refractivity (Wildman–Crippen MR) is 62.4 cm³/mol. The van der Waals surface area contributed by atoms with Gasteiger partial charge in [0.2, 0.25) is 5.43 Å². The number of fused-ring (bicyclic) bond motifs is 1. The Kier molecular flexibility index (Phi) is 3.13. The number of hydrogen-bond donors (Lipinski definition) is 1. The number of ether oxygens (including phenoxy) is 1. The zero-order valence-corrected chi connectivity index (χ0v) is 9.86. The highest BCUT2D eigenvalue weighted by atomic mass is 19.4. The Bertz CT molecular complexity index is 676. The van der Waals surface area contributed by atoms with Gasteiger partial charge in [-0.1, -0.05) is 0 Å². The van der Waals surface area contributed by atoms with Crippen molar-refractivity contribution in [2.45, 2.75) is 6.18 Å². The summed E-state index contributed by atoms with van der Waals surface area (Å²) in [6, 6.07) is 3.90. The molecule has 1 aromatic heterocycles. The van der Waals surface area contributed by atoms with Gasteiger partial charge >= 0.3 is 6.18 Å². The van der Waals surface area contributed by atoms with E-state index in [2.05, 4.69) is 4.74 Å². The number of hydrogen-bond acceptors (Lipinski definition) is 3. The van der Waals surface area contributed by atoms with Crippen LogP contribution in [0.2, 0.25) is 0 Å². The van der Waals surface area contributed by atoms with Gasteiger partial charge in [0.05, 0.1) is 11.7 Å². The summed E-state index contributed by atoms with van der Waals surface area (Å²) >= 11 is 0. The Morgan fingerprint density at radius 3 is 2.68 bits per heavy atom. The fourth-order valence-corrected chi connectivity index (χ4v) is 1.70. The molecule has 0 saturated carbocycles. The monoisotopic (exact) mass is 273 g/mol. The quantitative estimate of drug-likeness (QED) is 0.912. The van der Waals surface area contributed by atoms with E-state index < -0.39 is 24.0 Å². The fraction of sp³-hybridized carbons (Fsp3) is 0.250. The molecule has 0 radical (unpaired) electrons. The summed E-state index contributed by atoms with van der Waals surface area (Å²) in [5.74, 6) is -0.413. The Morgan fingerprint density at radius 2 is 2.05 bits per heavy atom. The third-order valence-corrected chi connectivity index (χ3v) is 2.54. The Balaban J connectivity index is 2.44. The second-order valence-corrected chi connectivity index (χ2v) is 4.04. The average Bonchev–Trinajstić information content (AvgIpc) is 2.32. The van der Waals surface area contributed by atoms with Crippen molar-refractivity contribution in [3.05, 3.63) is 34.6 Å². The minimum absolute atomic E-state index is 0.00511. The minimum atomic E-state index is -4.42. The van der Waals surface area contributed by atoms with E-state index in [1.807, 2.05) is 0 Å². The third kappa shape index (κ3) is 2.81. The van der Waals surface area contributed by atoms with Crippen LogP contribution < -0.4 is 10.2 Å². The molecule has 1 N–H and O–H groups in total. The zero-order chi connectivity index (χ0) is 14.2. The second kappa shape index (κ2) is 4.49. The van der Waals surface area contributed by atoms with Crippen LogP contribution >= 0.6 is 0 Å². The molecule has 7 heteroatoms. The maximum atomic E-state index is 12.0. The van der Waals surface area contributed by atoms with Crippen LogP contribution in [-0.2, 0) is 7.05 Å². The van der Waals surface area contributed by atoms with Gasteiger partial charge in [-0.25, -0.2) is 0 Å². The van der Waals surface area contributed by atoms with Crippen LogP contribution in [0.5, 0.6) is 11.5 Å². The topological polar surface area (TPSA) is 51.5 Å². The van der Waals surface area contributed by atoms with Crippen LogP contribution in [0, 0.1) is 0 Å². The van der Waals surface area contributed by atoms with Crippen molar-refractivity contribution in [2.24, 2.45) is 7.05 Å². The molecule has 1 heterocycles. The summed E-state index contributed by atoms with van der Waals surface area (Å²) in [5, 5.41) is 9.57. The van der Waals surface area contributed by atoms with E-state index in [1.54, 1.807) is 7.05 Å². The number of aryl methyl sites for hydroxylation is 1. The Labute approximate surface area is 105 Å². The van der Waals surface area contributed by atoms with E-state index in [0.29, 0.717) is 5.52 Å². The standard InChI is InChI=1S/C12H10F3NO3/c1-16-5-10(17)11(18)8-3-2-7(4-9(8)16)19-6-12(13,14)15/h2-5,17H,6H2,1H3. The first kappa shape index (κ1) is 13.3. The summed E-state index contributed by atoms with van der Waals surface area (Å²) < 4.78 is 42.2. The lowest BCUT2D eigenvalue weighted by Gasteiger charge is -2.11. The largest absolute Gasteiger partial charge is 0.503 e. The molecule has 2 aromatic rings. The molecule has 0 spiro atoms. The van der Waals surface area contributed by atoms with Gasteiger partial charge in [-0.2, -0.15) is 13.2 Å².